The predicted molar refractivity (Wildman–Crippen MR) is 65.1 cm³/mol. The summed E-state index contributed by atoms with van der Waals surface area (Å²) in [6.07, 6.45) is 1.15. The molecule has 0 N–H and O–H groups in total. The molecule has 1 aromatic heterocycles. The minimum atomic E-state index is 0. The first-order valence-electron chi connectivity index (χ1n) is 4.75. The Hall–Kier alpha value is -0.830. The molecule has 3 heteroatoms. The average Bonchev–Trinajstić information content (AvgIpc) is 2.44. The zero-order chi connectivity index (χ0) is 9.26. The second-order valence-corrected chi connectivity index (χ2v) is 3.30. The normalized spacial score (nSPS) is 10.1. The molecular formula is C11H15BrN2. The predicted octanol–water partition coefficient (Wildman–Crippen LogP) is 3.33. The summed E-state index contributed by atoms with van der Waals surface area (Å²) in [4.78, 5) is 4.49. The molecule has 0 spiro atoms. The van der Waals surface area contributed by atoms with Crippen LogP contribution in [-0.4, -0.2) is 9.55 Å². The van der Waals surface area contributed by atoms with E-state index in [-0.39, 0.29) is 17.0 Å². The summed E-state index contributed by atoms with van der Waals surface area (Å²) in [6.45, 7) is 5.32. The molecule has 14 heavy (non-hydrogen) atoms. The highest BCUT2D eigenvalue weighted by molar-refractivity contribution is 8.93. The highest BCUT2D eigenvalue weighted by Crippen LogP contribution is 2.15. The number of fused-ring (bicyclic) bond motifs is 1. The Balaban J connectivity index is 0.000000980. The van der Waals surface area contributed by atoms with Gasteiger partial charge in [0, 0.05) is 6.54 Å². The Kier molecular flexibility index (Phi) is 3.69. The average molecular weight is 255 g/mol. The maximum absolute atomic E-state index is 4.49. The van der Waals surface area contributed by atoms with Crippen molar-refractivity contribution in [2.24, 2.45) is 0 Å². The van der Waals surface area contributed by atoms with E-state index in [9.17, 15) is 0 Å². The molecule has 2 rings (SSSR count). The monoisotopic (exact) mass is 254 g/mol. The lowest BCUT2D eigenvalue weighted by atomic mass is 10.3. The van der Waals surface area contributed by atoms with E-state index in [1.807, 2.05) is 6.07 Å². The van der Waals surface area contributed by atoms with E-state index >= 15 is 0 Å². The summed E-state index contributed by atoms with van der Waals surface area (Å²) in [5.41, 5.74) is 2.36. The van der Waals surface area contributed by atoms with E-state index < -0.39 is 0 Å². The number of hydrogen-bond acceptors (Lipinski definition) is 1. The second-order valence-electron chi connectivity index (χ2n) is 3.30. The fourth-order valence-corrected chi connectivity index (χ4v) is 1.70. The Labute approximate surface area is 94.7 Å². The molecule has 76 valence electrons. The van der Waals surface area contributed by atoms with Gasteiger partial charge in [-0.1, -0.05) is 19.1 Å². The van der Waals surface area contributed by atoms with Gasteiger partial charge in [0.1, 0.15) is 5.82 Å². The van der Waals surface area contributed by atoms with Gasteiger partial charge in [0.2, 0.25) is 0 Å². The van der Waals surface area contributed by atoms with Crippen molar-refractivity contribution in [2.75, 3.05) is 0 Å². The molecule has 0 saturated heterocycles. The quantitative estimate of drug-likeness (QED) is 0.804. The topological polar surface area (TPSA) is 17.8 Å². The summed E-state index contributed by atoms with van der Waals surface area (Å²) in [7, 11) is 0. The van der Waals surface area contributed by atoms with Crippen LogP contribution >= 0.6 is 17.0 Å². The standard InChI is InChI=1S/C11H14N2.BrH/c1-3-8-13-9(2)12-10-6-4-5-7-11(10)13;/h4-7H,3,8H2,1-2H3;1H. The molecular weight excluding hydrogens is 240 g/mol. The van der Waals surface area contributed by atoms with Gasteiger partial charge in [-0.05, 0) is 25.5 Å². The van der Waals surface area contributed by atoms with Crippen LogP contribution in [0.2, 0.25) is 0 Å². The van der Waals surface area contributed by atoms with Crippen molar-refractivity contribution in [1.29, 1.82) is 0 Å². The number of imidazole rings is 1. The molecule has 0 saturated carbocycles. The molecule has 1 heterocycles. The lowest BCUT2D eigenvalue weighted by Gasteiger charge is -2.03. The third kappa shape index (κ3) is 1.82. The Morgan fingerprint density at radius 3 is 2.71 bits per heavy atom. The van der Waals surface area contributed by atoms with Crippen molar-refractivity contribution in [3.05, 3.63) is 30.1 Å². The fraction of sp³-hybridized carbons (Fsp3) is 0.364. The van der Waals surface area contributed by atoms with Crippen LogP contribution < -0.4 is 0 Å². The summed E-state index contributed by atoms with van der Waals surface area (Å²) >= 11 is 0. The van der Waals surface area contributed by atoms with Crippen molar-refractivity contribution in [3.63, 3.8) is 0 Å². The van der Waals surface area contributed by atoms with Crippen LogP contribution in [0.25, 0.3) is 11.0 Å². The highest BCUT2D eigenvalue weighted by Gasteiger charge is 2.04. The van der Waals surface area contributed by atoms with E-state index in [0.29, 0.717) is 0 Å². The zero-order valence-corrected chi connectivity index (χ0v) is 10.2. The molecule has 0 radical (unpaired) electrons. The number of rotatable bonds is 2. The Bertz CT molecular complexity index is 420. The number of benzene rings is 1. The van der Waals surface area contributed by atoms with E-state index in [1.54, 1.807) is 0 Å². The van der Waals surface area contributed by atoms with Gasteiger partial charge in [-0.3, -0.25) is 0 Å². The zero-order valence-electron chi connectivity index (χ0n) is 8.53. The molecule has 0 aliphatic rings. The van der Waals surface area contributed by atoms with E-state index in [1.165, 1.54) is 5.52 Å². The maximum atomic E-state index is 4.49. The first kappa shape index (κ1) is 11.2. The minimum Gasteiger partial charge on any atom is -0.328 e. The number of halogens is 1. The Morgan fingerprint density at radius 1 is 1.29 bits per heavy atom. The molecule has 0 amide bonds. The van der Waals surface area contributed by atoms with Gasteiger partial charge in [0.15, 0.2) is 0 Å². The number of aryl methyl sites for hydroxylation is 2. The van der Waals surface area contributed by atoms with Gasteiger partial charge in [0.05, 0.1) is 11.0 Å². The molecule has 0 aliphatic carbocycles. The summed E-state index contributed by atoms with van der Waals surface area (Å²) in [6, 6.07) is 8.29. The second kappa shape index (κ2) is 4.60. The van der Waals surface area contributed by atoms with Gasteiger partial charge < -0.3 is 4.57 Å². The van der Waals surface area contributed by atoms with Gasteiger partial charge in [-0.15, -0.1) is 17.0 Å². The largest absolute Gasteiger partial charge is 0.328 e. The molecule has 0 aliphatic heterocycles. The SMILES string of the molecule is Br.CCCn1c(C)nc2ccccc21. The van der Waals surface area contributed by atoms with Crippen LogP contribution in [0.4, 0.5) is 0 Å². The van der Waals surface area contributed by atoms with Gasteiger partial charge >= 0.3 is 0 Å². The van der Waals surface area contributed by atoms with Crippen LogP contribution in [0, 0.1) is 6.92 Å². The molecule has 2 aromatic rings. The number of nitrogens with zero attached hydrogens (tertiary/aromatic N) is 2. The molecule has 0 unspecified atom stereocenters. The van der Waals surface area contributed by atoms with Crippen molar-refractivity contribution < 1.29 is 0 Å². The lowest BCUT2D eigenvalue weighted by Crippen LogP contribution is -1.98. The number of hydrogen-bond donors (Lipinski definition) is 0. The highest BCUT2D eigenvalue weighted by atomic mass is 79.9. The minimum absolute atomic E-state index is 0. The molecule has 1 aromatic carbocycles. The van der Waals surface area contributed by atoms with E-state index in [0.717, 1.165) is 24.3 Å². The van der Waals surface area contributed by atoms with Crippen molar-refractivity contribution in [1.82, 2.24) is 9.55 Å². The number of aromatic nitrogens is 2. The molecule has 0 bridgehead atoms. The third-order valence-electron chi connectivity index (χ3n) is 2.29. The summed E-state index contributed by atoms with van der Waals surface area (Å²) in [5.74, 6) is 1.11. The van der Waals surface area contributed by atoms with Gasteiger partial charge in [0.25, 0.3) is 0 Å². The van der Waals surface area contributed by atoms with E-state index in [2.05, 4.69) is 41.6 Å². The van der Waals surface area contributed by atoms with Gasteiger partial charge in [-0.25, -0.2) is 4.98 Å². The summed E-state index contributed by atoms with van der Waals surface area (Å²) < 4.78 is 2.27. The third-order valence-corrected chi connectivity index (χ3v) is 2.29. The molecule has 2 nitrogen and oxygen atoms in total. The van der Waals surface area contributed by atoms with Crippen LogP contribution in [-0.2, 0) is 6.54 Å². The van der Waals surface area contributed by atoms with Crippen molar-refractivity contribution in [2.45, 2.75) is 26.8 Å². The first-order valence-corrected chi connectivity index (χ1v) is 4.75. The van der Waals surface area contributed by atoms with Crippen molar-refractivity contribution >= 4 is 28.0 Å². The fourth-order valence-electron chi connectivity index (χ4n) is 1.70. The van der Waals surface area contributed by atoms with Crippen LogP contribution in [0.5, 0.6) is 0 Å². The number of para-hydroxylation sites is 2. The van der Waals surface area contributed by atoms with Crippen molar-refractivity contribution in [3.8, 4) is 0 Å². The Morgan fingerprint density at radius 2 is 2.00 bits per heavy atom. The van der Waals surface area contributed by atoms with E-state index in [4.69, 9.17) is 0 Å². The van der Waals surface area contributed by atoms with Crippen LogP contribution in [0.3, 0.4) is 0 Å². The van der Waals surface area contributed by atoms with Crippen LogP contribution in [0.15, 0.2) is 24.3 Å². The smallest absolute Gasteiger partial charge is 0.106 e. The maximum Gasteiger partial charge on any atom is 0.106 e. The first-order chi connectivity index (χ1) is 6.33. The molecule has 0 atom stereocenters. The molecule has 0 fully saturated rings. The summed E-state index contributed by atoms with van der Waals surface area (Å²) in [5, 5.41) is 0. The lowest BCUT2D eigenvalue weighted by molar-refractivity contribution is 0.676. The van der Waals surface area contributed by atoms with Gasteiger partial charge in [-0.2, -0.15) is 0 Å². The van der Waals surface area contributed by atoms with Crippen LogP contribution in [0.1, 0.15) is 19.2 Å².